The molecule has 0 radical (unpaired) electrons. The zero-order chi connectivity index (χ0) is 31.2. The lowest BCUT2D eigenvalue weighted by molar-refractivity contribution is 0.0176. The number of benzene rings is 3. The Labute approximate surface area is 267 Å². The van der Waals surface area contributed by atoms with E-state index in [2.05, 4.69) is 21.0 Å². The van der Waals surface area contributed by atoms with Gasteiger partial charge in [-0.05, 0) is 79.8 Å². The molecule has 46 heavy (non-hydrogen) atoms. The fourth-order valence-electron chi connectivity index (χ4n) is 8.50. The van der Waals surface area contributed by atoms with E-state index in [4.69, 9.17) is 25.9 Å². The summed E-state index contributed by atoms with van der Waals surface area (Å²) in [6.45, 7) is 6.81. The summed E-state index contributed by atoms with van der Waals surface area (Å²) in [6, 6.07) is 12.3. The first kappa shape index (κ1) is 28.3. The summed E-state index contributed by atoms with van der Waals surface area (Å²) in [6.07, 6.45) is 11.8. The minimum atomic E-state index is -0.463. The van der Waals surface area contributed by atoms with E-state index in [1.165, 1.54) is 0 Å². The Morgan fingerprint density at radius 2 is 1.98 bits per heavy atom. The van der Waals surface area contributed by atoms with Crippen molar-refractivity contribution in [3.63, 3.8) is 0 Å². The van der Waals surface area contributed by atoms with Crippen molar-refractivity contribution in [1.82, 2.24) is 20.2 Å². The molecule has 5 heterocycles. The largest absolute Gasteiger partial charge is 0.508 e. The molecule has 1 saturated carbocycles. The molecule has 4 aliphatic heterocycles. The van der Waals surface area contributed by atoms with Crippen molar-refractivity contribution in [3.8, 4) is 35.2 Å². The number of phenols is 1. The lowest BCUT2D eigenvalue weighted by Crippen LogP contribution is -2.51. The number of anilines is 1. The molecule has 4 saturated heterocycles. The monoisotopic (exact) mass is 619 g/mol. The summed E-state index contributed by atoms with van der Waals surface area (Å²) in [5, 5.41) is 16.5. The van der Waals surface area contributed by atoms with Gasteiger partial charge in [0.1, 0.15) is 17.1 Å². The summed E-state index contributed by atoms with van der Waals surface area (Å²) in [7, 11) is 0. The van der Waals surface area contributed by atoms with Gasteiger partial charge in [-0.2, -0.15) is 9.97 Å². The quantitative estimate of drug-likeness (QED) is 0.275. The van der Waals surface area contributed by atoms with Crippen molar-refractivity contribution in [1.29, 1.82) is 0 Å². The predicted octanol–water partition coefficient (Wildman–Crippen LogP) is 5.16. The minimum Gasteiger partial charge on any atom is -0.508 e. The fourth-order valence-corrected chi connectivity index (χ4v) is 8.50. The number of nitrogens with zero attached hydrogens (tertiary/aromatic N) is 4. The fraction of sp³-hybridized carbons (Fsp3) is 0.459. The van der Waals surface area contributed by atoms with Crippen molar-refractivity contribution in [2.75, 3.05) is 44.3 Å². The number of aromatic nitrogens is 2. The molecule has 0 spiro atoms. The van der Waals surface area contributed by atoms with Crippen LogP contribution in [0.4, 0.5) is 10.2 Å². The Balaban J connectivity index is 1.14. The number of nitrogens with one attached hydrogen (secondary N) is 1. The van der Waals surface area contributed by atoms with Gasteiger partial charge in [0.15, 0.2) is 5.82 Å². The van der Waals surface area contributed by atoms with E-state index < -0.39 is 5.82 Å². The van der Waals surface area contributed by atoms with Crippen LogP contribution in [0, 0.1) is 30.5 Å². The summed E-state index contributed by atoms with van der Waals surface area (Å²) in [5.74, 6) is 3.05. The van der Waals surface area contributed by atoms with Gasteiger partial charge in [0, 0.05) is 71.6 Å². The molecule has 4 atom stereocenters. The zero-order valence-corrected chi connectivity index (χ0v) is 26.1. The number of rotatable bonds is 7. The van der Waals surface area contributed by atoms with Crippen LogP contribution in [0.2, 0.25) is 0 Å². The van der Waals surface area contributed by atoms with E-state index in [1.54, 1.807) is 12.1 Å². The highest BCUT2D eigenvalue weighted by Crippen LogP contribution is 2.48. The molecule has 3 aromatic carbocycles. The molecule has 4 aromatic rings. The van der Waals surface area contributed by atoms with Gasteiger partial charge in [-0.15, -0.1) is 6.42 Å². The molecule has 4 bridgehead atoms. The number of terminal acetylenes is 1. The van der Waals surface area contributed by atoms with Crippen LogP contribution >= 0.6 is 0 Å². The van der Waals surface area contributed by atoms with E-state index in [9.17, 15) is 5.11 Å². The molecule has 1 aliphatic carbocycles. The van der Waals surface area contributed by atoms with Crippen LogP contribution in [-0.2, 0) is 4.74 Å². The summed E-state index contributed by atoms with van der Waals surface area (Å²) < 4.78 is 29.4. The zero-order valence-electron chi connectivity index (χ0n) is 26.1. The standard InChI is InChI=1S/C37H38FN5O3/c1-3-22-5-4-6-23-12-27(44)14-29(32(22)23)31-21(2)11-30-34(33(31)38)40-36(41-35(30)42-15-24-7-8-25(16-42)39-24)46-20-37(9-10-37)19-43-17-28-13-26(43)18-45-28/h1,4-6,11-12,14,24-26,28,39,44H,7-10,13,15-20H2,2H3/t24?,25?,26-,28-/m1/s1. The maximum atomic E-state index is 17.1. The predicted molar refractivity (Wildman–Crippen MR) is 176 cm³/mol. The van der Waals surface area contributed by atoms with Crippen LogP contribution in [0.25, 0.3) is 32.8 Å². The first-order valence-corrected chi connectivity index (χ1v) is 16.6. The lowest BCUT2D eigenvalue weighted by Gasteiger charge is -2.34. The average Bonchev–Trinajstić information content (AvgIpc) is 3.31. The Hall–Kier alpha value is -3.97. The Bertz CT molecular complexity index is 1920. The van der Waals surface area contributed by atoms with Crippen LogP contribution in [-0.4, -0.2) is 83.6 Å². The van der Waals surface area contributed by atoms with Gasteiger partial charge in [0.2, 0.25) is 0 Å². The van der Waals surface area contributed by atoms with Gasteiger partial charge in [-0.1, -0.05) is 18.1 Å². The lowest BCUT2D eigenvalue weighted by atomic mass is 9.90. The van der Waals surface area contributed by atoms with Gasteiger partial charge in [0.25, 0.3) is 0 Å². The van der Waals surface area contributed by atoms with E-state index >= 15 is 4.39 Å². The number of fused-ring (bicyclic) bond motifs is 6. The molecular formula is C37H38FN5O3. The average molecular weight is 620 g/mol. The SMILES string of the molecule is C#Cc1cccc2cc(O)cc(-c3c(C)cc4c(N5CC6CCC(C5)N6)nc(OCC5(CN6C[C@H]7C[C@@H]6CO7)CC5)nc4c3F)c12. The molecule has 2 unspecified atom stereocenters. The minimum absolute atomic E-state index is 0.0479. The number of morpholine rings is 1. The summed E-state index contributed by atoms with van der Waals surface area (Å²) in [4.78, 5) is 14.6. The van der Waals surface area contributed by atoms with Crippen LogP contribution in [0.15, 0.2) is 36.4 Å². The number of phenolic OH excluding ortho intramolecular Hbond substituents is 1. The summed E-state index contributed by atoms with van der Waals surface area (Å²) >= 11 is 0. The number of piperazine rings is 1. The molecule has 9 rings (SSSR count). The number of hydrogen-bond acceptors (Lipinski definition) is 8. The Morgan fingerprint density at radius 3 is 2.70 bits per heavy atom. The molecule has 2 N–H and O–H groups in total. The van der Waals surface area contributed by atoms with Gasteiger partial charge < -0.3 is 24.8 Å². The number of likely N-dealkylation sites (tertiary alicyclic amines) is 1. The molecule has 9 heteroatoms. The maximum Gasteiger partial charge on any atom is 0.319 e. The van der Waals surface area contributed by atoms with Crippen LogP contribution in [0.5, 0.6) is 11.8 Å². The molecule has 236 valence electrons. The highest BCUT2D eigenvalue weighted by molar-refractivity contribution is 6.04. The first-order chi connectivity index (χ1) is 22.4. The highest BCUT2D eigenvalue weighted by atomic mass is 19.1. The van der Waals surface area contributed by atoms with E-state index in [0.717, 1.165) is 87.0 Å². The van der Waals surface area contributed by atoms with Crippen molar-refractivity contribution >= 4 is 27.5 Å². The smallest absolute Gasteiger partial charge is 0.319 e. The van der Waals surface area contributed by atoms with E-state index in [-0.39, 0.29) is 22.7 Å². The number of hydrogen-bond donors (Lipinski definition) is 2. The van der Waals surface area contributed by atoms with Crippen molar-refractivity contribution < 1.29 is 19.0 Å². The Morgan fingerprint density at radius 1 is 1.15 bits per heavy atom. The molecule has 1 aromatic heterocycles. The molecule has 5 aliphatic rings. The first-order valence-electron chi connectivity index (χ1n) is 16.6. The van der Waals surface area contributed by atoms with Crippen molar-refractivity contribution in [3.05, 3.63) is 53.3 Å². The second-order valence-electron chi connectivity index (χ2n) is 14.3. The molecular weight excluding hydrogens is 581 g/mol. The van der Waals surface area contributed by atoms with Crippen LogP contribution < -0.4 is 15.0 Å². The van der Waals surface area contributed by atoms with Crippen molar-refractivity contribution in [2.24, 2.45) is 5.41 Å². The highest BCUT2D eigenvalue weighted by Gasteiger charge is 2.49. The van der Waals surface area contributed by atoms with Crippen LogP contribution in [0.3, 0.4) is 0 Å². The molecule has 8 nitrogen and oxygen atoms in total. The number of aryl methyl sites for hydroxylation is 1. The second kappa shape index (κ2) is 10.5. The third kappa shape index (κ3) is 4.69. The van der Waals surface area contributed by atoms with Gasteiger partial charge in [-0.25, -0.2) is 4.39 Å². The number of aromatic hydroxyl groups is 1. The third-order valence-electron chi connectivity index (χ3n) is 11.0. The van der Waals surface area contributed by atoms with Gasteiger partial charge in [-0.3, -0.25) is 4.90 Å². The molecule has 5 fully saturated rings. The van der Waals surface area contributed by atoms with E-state index in [1.807, 2.05) is 31.2 Å². The van der Waals surface area contributed by atoms with Gasteiger partial charge in [0.05, 0.1) is 19.3 Å². The second-order valence-corrected chi connectivity index (χ2v) is 14.3. The number of halogens is 1. The van der Waals surface area contributed by atoms with Gasteiger partial charge >= 0.3 is 6.01 Å². The number of ether oxygens (including phenoxy) is 2. The van der Waals surface area contributed by atoms with E-state index in [0.29, 0.717) is 52.9 Å². The Kier molecular flexibility index (Phi) is 6.47. The summed E-state index contributed by atoms with van der Waals surface area (Å²) in [5.41, 5.74) is 2.57. The third-order valence-corrected chi connectivity index (χ3v) is 11.0. The van der Waals surface area contributed by atoms with Crippen LogP contribution in [0.1, 0.15) is 43.2 Å². The topological polar surface area (TPSA) is 83.0 Å². The normalized spacial score (nSPS) is 26.2. The van der Waals surface area contributed by atoms with Crippen molar-refractivity contribution in [2.45, 2.75) is 63.3 Å². The molecule has 0 amide bonds. The maximum absolute atomic E-state index is 17.1.